The average Bonchev–Trinajstić information content (AvgIpc) is 3.34. The fraction of sp³-hybridized carbons (Fsp3) is 0.562. The van der Waals surface area contributed by atoms with Crippen LogP contribution in [0.25, 0.3) is 0 Å². The van der Waals surface area contributed by atoms with Crippen LogP contribution >= 0.6 is 0 Å². The molecule has 0 unspecified atom stereocenters. The molecule has 1 saturated carbocycles. The van der Waals surface area contributed by atoms with Crippen LogP contribution in [0.4, 0.5) is 0 Å². The first kappa shape index (κ1) is 15.6. The SMILES string of the molecule is CCN(C)C(=O)COc1ccc(OC)cc1CNC1CC1. The number of carbonyl (C=O) groups is 1. The van der Waals surface area contributed by atoms with E-state index in [9.17, 15) is 4.79 Å². The van der Waals surface area contributed by atoms with E-state index >= 15 is 0 Å². The number of hydrogen-bond acceptors (Lipinski definition) is 4. The van der Waals surface area contributed by atoms with Crippen LogP contribution in [0.2, 0.25) is 0 Å². The Morgan fingerprint density at radius 2 is 2.19 bits per heavy atom. The Labute approximate surface area is 126 Å². The lowest BCUT2D eigenvalue weighted by Crippen LogP contribution is -2.31. The summed E-state index contributed by atoms with van der Waals surface area (Å²) < 4.78 is 10.9. The number of nitrogens with one attached hydrogen (secondary N) is 1. The summed E-state index contributed by atoms with van der Waals surface area (Å²) in [6, 6.07) is 6.29. The number of rotatable bonds is 8. The molecule has 0 spiro atoms. The molecule has 5 nitrogen and oxygen atoms in total. The molecule has 5 heteroatoms. The molecule has 0 heterocycles. The third-order valence-corrected chi connectivity index (χ3v) is 3.68. The van der Waals surface area contributed by atoms with Gasteiger partial charge in [0.1, 0.15) is 11.5 Å². The van der Waals surface area contributed by atoms with Crippen molar-refractivity contribution in [3.8, 4) is 11.5 Å². The van der Waals surface area contributed by atoms with E-state index in [0.717, 1.165) is 23.6 Å². The van der Waals surface area contributed by atoms with Gasteiger partial charge in [0.25, 0.3) is 5.91 Å². The molecule has 1 aromatic rings. The highest BCUT2D eigenvalue weighted by Crippen LogP contribution is 2.26. The van der Waals surface area contributed by atoms with Gasteiger partial charge in [-0.05, 0) is 38.0 Å². The van der Waals surface area contributed by atoms with E-state index in [-0.39, 0.29) is 12.5 Å². The quantitative estimate of drug-likeness (QED) is 0.794. The number of likely N-dealkylation sites (N-methyl/N-ethyl adjacent to an activating group) is 1. The summed E-state index contributed by atoms with van der Waals surface area (Å²) in [7, 11) is 3.42. The number of carbonyl (C=O) groups excluding carboxylic acids is 1. The molecule has 1 aliphatic carbocycles. The first-order chi connectivity index (χ1) is 10.1. The average molecular weight is 292 g/mol. The van der Waals surface area contributed by atoms with Crippen LogP contribution in [0.15, 0.2) is 18.2 Å². The van der Waals surface area contributed by atoms with Crippen LogP contribution in [-0.4, -0.2) is 44.2 Å². The predicted molar refractivity (Wildman–Crippen MR) is 81.7 cm³/mol. The molecule has 0 saturated heterocycles. The van der Waals surface area contributed by atoms with Crippen molar-refractivity contribution in [2.75, 3.05) is 27.3 Å². The van der Waals surface area contributed by atoms with Gasteiger partial charge in [-0.1, -0.05) is 0 Å². The van der Waals surface area contributed by atoms with Crippen LogP contribution < -0.4 is 14.8 Å². The molecule has 1 fully saturated rings. The number of amides is 1. The highest BCUT2D eigenvalue weighted by molar-refractivity contribution is 5.77. The first-order valence-corrected chi connectivity index (χ1v) is 7.41. The largest absolute Gasteiger partial charge is 0.497 e. The number of hydrogen-bond donors (Lipinski definition) is 1. The van der Waals surface area contributed by atoms with E-state index in [1.54, 1.807) is 19.1 Å². The Morgan fingerprint density at radius 1 is 1.43 bits per heavy atom. The molecular formula is C16H24N2O3. The summed E-state index contributed by atoms with van der Waals surface area (Å²) in [4.78, 5) is 13.5. The van der Waals surface area contributed by atoms with E-state index in [0.29, 0.717) is 12.6 Å². The molecule has 0 radical (unpaired) electrons. The summed E-state index contributed by atoms with van der Waals surface area (Å²) in [5, 5.41) is 3.46. The van der Waals surface area contributed by atoms with E-state index in [4.69, 9.17) is 9.47 Å². The molecular weight excluding hydrogens is 268 g/mol. The zero-order valence-corrected chi connectivity index (χ0v) is 13.0. The Kier molecular flexibility index (Phi) is 5.44. The van der Waals surface area contributed by atoms with Crippen molar-refractivity contribution >= 4 is 5.91 Å². The van der Waals surface area contributed by atoms with Gasteiger partial charge in [-0.3, -0.25) is 4.79 Å². The Balaban J connectivity index is 2.00. The highest BCUT2D eigenvalue weighted by atomic mass is 16.5. The van der Waals surface area contributed by atoms with Crippen LogP contribution in [-0.2, 0) is 11.3 Å². The summed E-state index contributed by atoms with van der Waals surface area (Å²) in [5.41, 5.74) is 1.02. The molecule has 1 amide bonds. The van der Waals surface area contributed by atoms with Crippen molar-refractivity contribution in [1.82, 2.24) is 10.2 Å². The minimum Gasteiger partial charge on any atom is -0.497 e. The topological polar surface area (TPSA) is 50.8 Å². The second-order valence-corrected chi connectivity index (χ2v) is 5.33. The Bertz CT molecular complexity index is 486. The van der Waals surface area contributed by atoms with Gasteiger partial charge < -0.3 is 19.7 Å². The number of methoxy groups -OCH3 is 1. The maximum absolute atomic E-state index is 11.8. The maximum Gasteiger partial charge on any atom is 0.260 e. The molecule has 21 heavy (non-hydrogen) atoms. The van der Waals surface area contributed by atoms with Crippen molar-refractivity contribution < 1.29 is 14.3 Å². The summed E-state index contributed by atoms with van der Waals surface area (Å²) in [6.07, 6.45) is 2.47. The molecule has 116 valence electrons. The molecule has 1 aromatic carbocycles. The van der Waals surface area contributed by atoms with E-state index < -0.39 is 0 Å². The number of ether oxygens (including phenoxy) is 2. The van der Waals surface area contributed by atoms with Gasteiger partial charge in [0, 0.05) is 31.7 Å². The lowest BCUT2D eigenvalue weighted by molar-refractivity contribution is -0.131. The molecule has 0 aliphatic heterocycles. The van der Waals surface area contributed by atoms with Gasteiger partial charge >= 0.3 is 0 Å². The van der Waals surface area contributed by atoms with Crippen LogP contribution in [0.5, 0.6) is 11.5 Å². The molecule has 1 aliphatic rings. The van der Waals surface area contributed by atoms with Gasteiger partial charge in [-0.25, -0.2) is 0 Å². The molecule has 0 aromatic heterocycles. The standard InChI is InChI=1S/C16H24N2O3/c1-4-18(2)16(19)11-21-15-8-7-14(20-3)9-12(15)10-17-13-5-6-13/h7-9,13,17H,4-6,10-11H2,1-3H3. The molecule has 2 rings (SSSR count). The maximum atomic E-state index is 11.8. The van der Waals surface area contributed by atoms with Gasteiger partial charge in [0.15, 0.2) is 6.61 Å². The summed E-state index contributed by atoms with van der Waals surface area (Å²) in [6.45, 7) is 3.42. The van der Waals surface area contributed by atoms with Crippen molar-refractivity contribution in [2.24, 2.45) is 0 Å². The lowest BCUT2D eigenvalue weighted by Gasteiger charge is -2.17. The van der Waals surface area contributed by atoms with Crippen molar-refractivity contribution in [3.63, 3.8) is 0 Å². The lowest BCUT2D eigenvalue weighted by atomic mass is 10.2. The minimum absolute atomic E-state index is 0.0191. The van der Waals surface area contributed by atoms with Gasteiger partial charge in [-0.15, -0.1) is 0 Å². The van der Waals surface area contributed by atoms with Gasteiger partial charge in [0.2, 0.25) is 0 Å². The van der Waals surface area contributed by atoms with Crippen molar-refractivity contribution in [2.45, 2.75) is 32.4 Å². The van der Waals surface area contributed by atoms with Gasteiger partial charge in [0.05, 0.1) is 7.11 Å². The Hall–Kier alpha value is -1.75. The monoisotopic (exact) mass is 292 g/mol. The van der Waals surface area contributed by atoms with E-state index in [2.05, 4.69) is 5.32 Å². The fourth-order valence-corrected chi connectivity index (χ4v) is 1.93. The fourth-order valence-electron chi connectivity index (χ4n) is 1.93. The summed E-state index contributed by atoms with van der Waals surface area (Å²) >= 11 is 0. The van der Waals surface area contributed by atoms with Crippen LogP contribution in [0.3, 0.4) is 0 Å². The second-order valence-electron chi connectivity index (χ2n) is 5.33. The predicted octanol–water partition coefficient (Wildman–Crippen LogP) is 1.80. The van der Waals surface area contributed by atoms with Crippen molar-refractivity contribution in [3.05, 3.63) is 23.8 Å². The van der Waals surface area contributed by atoms with E-state index in [1.807, 2.05) is 25.1 Å². The molecule has 1 N–H and O–H groups in total. The highest BCUT2D eigenvalue weighted by Gasteiger charge is 2.21. The smallest absolute Gasteiger partial charge is 0.260 e. The van der Waals surface area contributed by atoms with E-state index in [1.165, 1.54) is 12.8 Å². The van der Waals surface area contributed by atoms with Crippen LogP contribution in [0.1, 0.15) is 25.3 Å². The molecule has 0 atom stereocenters. The normalized spacial score (nSPS) is 13.9. The zero-order chi connectivity index (χ0) is 15.2. The van der Waals surface area contributed by atoms with Crippen LogP contribution in [0, 0.1) is 0 Å². The third kappa shape index (κ3) is 4.63. The second kappa shape index (κ2) is 7.31. The van der Waals surface area contributed by atoms with Gasteiger partial charge in [-0.2, -0.15) is 0 Å². The third-order valence-electron chi connectivity index (χ3n) is 3.68. The number of nitrogens with zero attached hydrogens (tertiary/aromatic N) is 1. The summed E-state index contributed by atoms with van der Waals surface area (Å²) in [5.74, 6) is 1.52. The zero-order valence-electron chi connectivity index (χ0n) is 13.0. The number of benzene rings is 1. The minimum atomic E-state index is -0.0191. The molecule has 0 bridgehead atoms. The van der Waals surface area contributed by atoms with Crippen molar-refractivity contribution in [1.29, 1.82) is 0 Å². The Morgan fingerprint density at radius 3 is 2.81 bits per heavy atom. The first-order valence-electron chi connectivity index (χ1n) is 7.41.